The first kappa shape index (κ1) is 9.06. The topological polar surface area (TPSA) is 14.1 Å². The second kappa shape index (κ2) is 3.24. The van der Waals surface area contributed by atoms with Crippen molar-refractivity contribution in [1.29, 1.82) is 0 Å². The van der Waals surface area contributed by atoms with Crippen LogP contribution in [0.2, 0.25) is 0 Å². The Bertz CT molecular complexity index is 637. The summed E-state index contributed by atoms with van der Waals surface area (Å²) in [7, 11) is 0. The standard InChI is InChI=1S/C16H12N/c1-2-6-12-11(5-1)9-10-14-13-7-3-4-8-15(13)17-16(12)14/h1-8H,9-10H2. The summed E-state index contributed by atoms with van der Waals surface area (Å²) in [5, 5.41) is 4.79. The van der Waals surface area contributed by atoms with Gasteiger partial charge in [0.05, 0.1) is 11.4 Å². The molecule has 17 heavy (non-hydrogen) atoms. The predicted octanol–water partition coefficient (Wildman–Crippen LogP) is 3.75. The van der Waals surface area contributed by atoms with Crippen molar-refractivity contribution in [3.63, 3.8) is 0 Å². The van der Waals surface area contributed by atoms with Gasteiger partial charge in [-0.05, 0) is 30.0 Å². The SMILES string of the molecule is c1ccc2c(c1)CCC1=C2[N]c2ccccc21. The number of fused-ring (bicyclic) bond motifs is 4. The normalized spacial score (nSPS) is 16.0. The minimum Gasteiger partial charge on any atom is -0.247 e. The van der Waals surface area contributed by atoms with Crippen molar-refractivity contribution in [2.45, 2.75) is 12.8 Å². The molecule has 2 aromatic carbocycles. The zero-order chi connectivity index (χ0) is 11.2. The number of rotatable bonds is 0. The van der Waals surface area contributed by atoms with E-state index in [1.165, 1.54) is 28.0 Å². The van der Waals surface area contributed by atoms with Gasteiger partial charge in [0.1, 0.15) is 0 Å². The largest absolute Gasteiger partial charge is 0.247 e. The fraction of sp³-hybridized carbons (Fsp3) is 0.125. The highest BCUT2D eigenvalue weighted by molar-refractivity contribution is 6.01. The van der Waals surface area contributed by atoms with Crippen molar-refractivity contribution in [3.8, 4) is 0 Å². The highest BCUT2D eigenvalue weighted by atomic mass is 14.9. The summed E-state index contributed by atoms with van der Waals surface area (Å²) in [6, 6.07) is 17.1. The Morgan fingerprint density at radius 1 is 0.765 bits per heavy atom. The molecular weight excluding hydrogens is 206 g/mol. The second-order valence-corrected chi connectivity index (χ2v) is 4.61. The lowest BCUT2D eigenvalue weighted by Crippen LogP contribution is -2.04. The van der Waals surface area contributed by atoms with E-state index in [9.17, 15) is 0 Å². The molecule has 1 heteroatoms. The highest BCUT2D eigenvalue weighted by Gasteiger charge is 2.27. The number of benzene rings is 2. The first-order valence-electron chi connectivity index (χ1n) is 6.06. The van der Waals surface area contributed by atoms with Crippen molar-refractivity contribution in [3.05, 3.63) is 65.2 Å². The summed E-state index contributed by atoms with van der Waals surface area (Å²) in [6.45, 7) is 0. The van der Waals surface area contributed by atoms with Gasteiger partial charge in [-0.1, -0.05) is 42.5 Å². The predicted molar refractivity (Wildman–Crippen MR) is 69.8 cm³/mol. The van der Waals surface area contributed by atoms with E-state index in [1.54, 1.807) is 0 Å². The molecule has 0 atom stereocenters. The van der Waals surface area contributed by atoms with E-state index in [1.807, 2.05) is 0 Å². The lowest BCUT2D eigenvalue weighted by molar-refractivity contribution is 0.990. The summed E-state index contributed by atoms with van der Waals surface area (Å²) >= 11 is 0. The number of allylic oxidation sites excluding steroid dienone is 1. The van der Waals surface area contributed by atoms with Gasteiger partial charge in [-0.25, -0.2) is 5.32 Å². The minimum absolute atomic E-state index is 1.12. The molecule has 0 spiro atoms. The average molecular weight is 218 g/mol. The van der Waals surface area contributed by atoms with Crippen LogP contribution in [0.25, 0.3) is 11.3 Å². The zero-order valence-corrected chi connectivity index (χ0v) is 9.48. The number of hydrogen-bond acceptors (Lipinski definition) is 0. The molecule has 1 radical (unpaired) electrons. The zero-order valence-electron chi connectivity index (χ0n) is 9.48. The molecular formula is C16H12N. The van der Waals surface area contributed by atoms with Crippen LogP contribution in [0.3, 0.4) is 0 Å². The van der Waals surface area contributed by atoms with Crippen molar-refractivity contribution in [2.24, 2.45) is 0 Å². The average Bonchev–Trinajstić information content (AvgIpc) is 2.78. The third-order valence-corrected chi connectivity index (χ3v) is 3.66. The first-order valence-corrected chi connectivity index (χ1v) is 6.06. The van der Waals surface area contributed by atoms with Crippen LogP contribution < -0.4 is 5.32 Å². The van der Waals surface area contributed by atoms with Gasteiger partial charge in [0.2, 0.25) is 0 Å². The van der Waals surface area contributed by atoms with E-state index in [0.29, 0.717) is 0 Å². The van der Waals surface area contributed by atoms with Crippen molar-refractivity contribution < 1.29 is 0 Å². The van der Waals surface area contributed by atoms with E-state index < -0.39 is 0 Å². The fourth-order valence-corrected chi connectivity index (χ4v) is 2.85. The minimum atomic E-state index is 1.12. The summed E-state index contributed by atoms with van der Waals surface area (Å²) in [5.74, 6) is 0. The molecule has 0 saturated heterocycles. The Kier molecular flexibility index (Phi) is 1.72. The van der Waals surface area contributed by atoms with Crippen LogP contribution in [-0.2, 0) is 6.42 Å². The van der Waals surface area contributed by atoms with Crippen LogP contribution in [-0.4, -0.2) is 0 Å². The maximum absolute atomic E-state index is 4.79. The summed E-state index contributed by atoms with van der Waals surface area (Å²) in [5.41, 5.74) is 7.85. The molecule has 0 fully saturated rings. The van der Waals surface area contributed by atoms with Crippen LogP contribution in [0, 0.1) is 0 Å². The molecule has 1 aliphatic carbocycles. The molecule has 2 aliphatic rings. The third-order valence-electron chi connectivity index (χ3n) is 3.66. The Morgan fingerprint density at radius 2 is 1.53 bits per heavy atom. The van der Waals surface area contributed by atoms with Gasteiger partial charge in [0.25, 0.3) is 0 Å². The van der Waals surface area contributed by atoms with Crippen molar-refractivity contribution in [2.75, 3.05) is 0 Å². The van der Waals surface area contributed by atoms with Crippen molar-refractivity contribution in [1.82, 2.24) is 5.32 Å². The van der Waals surface area contributed by atoms with E-state index >= 15 is 0 Å². The molecule has 1 aliphatic heterocycles. The van der Waals surface area contributed by atoms with E-state index in [0.717, 1.165) is 18.5 Å². The molecule has 4 rings (SSSR count). The maximum Gasteiger partial charge on any atom is 0.0751 e. The van der Waals surface area contributed by atoms with Gasteiger partial charge in [-0.2, -0.15) is 0 Å². The van der Waals surface area contributed by atoms with Crippen LogP contribution in [0.15, 0.2) is 48.5 Å². The van der Waals surface area contributed by atoms with E-state index in [-0.39, 0.29) is 0 Å². The Labute approximate surface area is 101 Å². The molecule has 1 nitrogen and oxygen atoms in total. The number of para-hydroxylation sites is 1. The van der Waals surface area contributed by atoms with Crippen LogP contribution in [0.1, 0.15) is 23.1 Å². The molecule has 2 aromatic rings. The lowest BCUT2D eigenvalue weighted by atomic mass is 9.88. The quantitative estimate of drug-likeness (QED) is 0.639. The summed E-state index contributed by atoms with van der Waals surface area (Å²) in [6.07, 6.45) is 2.26. The molecule has 0 bridgehead atoms. The van der Waals surface area contributed by atoms with Crippen LogP contribution in [0.4, 0.5) is 5.69 Å². The Hall–Kier alpha value is -2.02. The van der Waals surface area contributed by atoms with Gasteiger partial charge in [0, 0.05) is 11.1 Å². The first-order chi connectivity index (χ1) is 8.43. The van der Waals surface area contributed by atoms with Gasteiger partial charge in [-0.15, -0.1) is 0 Å². The van der Waals surface area contributed by atoms with E-state index in [2.05, 4.69) is 48.5 Å². The molecule has 0 N–H and O–H groups in total. The van der Waals surface area contributed by atoms with Gasteiger partial charge in [0.15, 0.2) is 0 Å². The smallest absolute Gasteiger partial charge is 0.0751 e. The molecule has 0 aromatic heterocycles. The number of hydrogen-bond donors (Lipinski definition) is 0. The molecule has 81 valence electrons. The number of aryl methyl sites for hydroxylation is 1. The highest BCUT2D eigenvalue weighted by Crippen LogP contribution is 2.44. The fourth-order valence-electron chi connectivity index (χ4n) is 2.85. The maximum atomic E-state index is 4.79. The van der Waals surface area contributed by atoms with Crippen LogP contribution >= 0.6 is 0 Å². The molecule has 1 heterocycles. The van der Waals surface area contributed by atoms with Crippen LogP contribution in [0.5, 0.6) is 0 Å². The van der Waals surface area contributed by atoms with Gasteiger partial charge >= 0.3 is 0 Å². The third kappa shape index (κ3) is 1.19. The number of nitrogens with zero attached hydrogens (tertiary/aromatic N) is 1. The lowest BCUT2D eigenvalue weighted by Gasteiger charge is -2.17. The van der Waals surface area contributed by atoms with Gasteiger partial charge < -0.3 is 0 Å². The van der Waals surface area contributed by atoms with E-state index in [4.69, 9.17) is 5.32 Å². The summed E-state index contributed by atoms with van der Waals surface area (Å²) in [4.78, 5) is 0. The molecule has 0 saturated carbocycles. The van der Waals surface area contributed by atoms with Crippen molar-refractivity contribution >= 4 is 17.0 Å². The van der Waals surface area contributed by atoms with Gasteiger partial charge in [-0.3, -0.25) is 0 Å². The summed E-state index contributed by atoms with van der Waals surface area (Å²) < 4.78 is 0. The molecule has 0 unspecified atom stereocenters. The second-order valence-electron chi connectivity index (χ2n) is 4.61. The monoisotopic (exact) mass is 218 g/mol. The Morgan fingerprint density at radius 3 is 2.47 bits per heavy atom. The Balaban J connectivity index is 1.95. The molecule has 0 amide bonds.